The number of hydrogen-bond donors (Lipinski definition) is 2. The third-order valence-corrected chi connectivity index (χ3v) is 3.96. The van der Waals surface area contributed by atoms with Gasteiger partial charge in [0.2, 0.25) is 0 Å². The van der Waals surface area contributed by atoms with Gasteiger partial charge >= 0.3 is 0 Å². The van der Waals surface area contributed by atoms with Gasteiger partial charge in [0, 0.05) is 18.0 Å². The molecule has 3 rings (SSSR count). The molecule has 0 bridgehead atoms. The van der Waals surface area contributed by atoms with E-state index < -0.39 is 23.7 Å². The molecule has 1 aromatic heterocycles. The molecule has 7 heteroatoms. The van der Waals surface area contributed by atoms with Crippen LogP contribution in [0.25, 0.3) is 0 Å². The van der Waals surface area contributed by atoms with Crippen molar-refractivity contribution in [3.05, 3.63) is 53.6 Å². The molecule has 0 fully saturated rings. The van der Waals surface area contributed by atoms with Crippen molar-refractivity contribution in [2.24, 2.45) is 0 Å². The average molecular weight is 324 g/mol. The van der Waals surface area contributed by atoms with Crippen LogP contribution in [0.1, 0.15) is 41.5 Å². The molecule has 1 aliphatic rings. The third-order valence-electron chi connectivity index (χ3n) is 3.96. The average Bonchev–Trinajstić information content (AvgIpc) is 2.59. The Labute approximate surface area is 138 Å². The van der Waals surface area contributed by atoms with Gasteiger partial charge in [-0.15, -0.1) is 0 Å². The number of ether oxygens (including phenoxy) is 1. The summed E-state index contributed by atoms with van der Waals surface area (Å²) in [6, 6.07) is 6.23. The first-order valence-electron chi connectivity index (χ1n) is 7.40. The van der Waals surface area contributed by atoms with Crippen molar-refractivity contribution in [2.45, 2.75) is 31.6 Å². The Bertz CT molecular complexity index is 814. The zero-order valence-electron chi connectivity index (χ0n) is 13.2. The summed E-state index contributed by atoms with van der Waals surface area (Å²) in [7, 11) is 0. The van der Waals surface area contributed by atoms with E-state index in [1.807, 2.05) is 6.07 Å². The molecule has 1 aliphatic heterocycles. The summed E-state index contributed by atoms with van der Waals surface area (Å²) in [5.41, 5.74) is 0.217. The van der Waals surface area contributed by atoms with Gasteiger partial charge in [-0.05, 0) is 32.0 Å². The number of rotatable bonds is 2. The Morgan fingerprint density at radius 3 is 2.88 bits per heavy atom. The summed E-state index contributed by atoms with van der Waals surface area (Å²) in [5, 5.41) is 22.5. The largest absolute Gasteiger partial charge is 0.485 e. The second kappa shape index (κ2) is 5.91. The number of hydrogen-bond acceptors (Lipinski definition) is 6. The van der Waals surface area contributed by atoms with Crippen LogP contribution in [0.3, 0.4) is 0 Å². The van der Waals surface area contributed by atoms with E-state index in [1.165, 1.54) is 18.6 Å². The van der Waals surface area contributed by atoms with Crippen molar-refractivity contribution in [1.82, 2.24) is 15.3 Å². The number of carbonyl (C=O) groups excluding carboxylic acids is 1. The second-order valence-corrected chi connectivity index (χ2v) is 6.06. The van der Waals surface area contributed by atoms with Crippen LogP contribution in [0, 0.1) is 11.3 Å². The molecule has 2 atom stereocenters. The van der Waals surface area contributed by atoms with Gasteiger partial charge in [0.05, 0.1) is 23.9 Å². The number of nitrogens with one attached hydrogen (secondary N) is 1. The molecule has 0 spiro atoms. The number of carbonyl (C=O) groups is 1. The number of aliphatic hydroxyl groups excluding tert-OH is 1. The Kier molecular flexibility index (Phi) is 3.91. The second-order valence-electron chi connectivity index (χ2n) is 6.06. The highest BCUT2D eigenvalue weighted by molar-refractivity contribution is 5.92. The van der Waals surface area contributed by atoms with Crippen molar-refractivity contribution in [2.75, 3.05) is 0 Å². The number of aromatic nitrogens is 2. The zero-order chi connectivity index (χ0) is 17.3. The Hall–Kier alpha value is -2.98. The number of nitriles is 1. The summed E-state index contributed by atoms with van der Waals surface area (Å²) < 4.78 is 5.81. The number of fused-ring (bicyclic) bond motifs is 1. The molecular weight excluding hydrogens is 308 g/mol. The molecule has 0 saturated carbocycles. The molecule has 2 heterocycles. The highest BCUT2D eigenvalue weighted by Crippen LogP contribution is 2.40. The summed E-state index contributed by atoms with van der Waals surface area (Å²) in [4.78, 5) is 20.2. The SMILES string of the molecule is CC1(C)Oc2ccc(C#N)cc2[C@@H](NC(=O)c2cnccn2)[C@@H]1O. The third kappa shape index (κ3) is 2.79. The van der Waals surface area contributed by atoms with Crippen molar-refractivity contribution >= 4 is 5.91 Å². The zero-order valence-corrected chi connectivity index (χ0v) is 13.2. The normalized spacial score (nSPS) is 21.1. The van der Waals surface area contributed by atoms with Crippen LogP contribution in [0.4, 0.5) is 0 Å². The van der Waals surface area contributed by atoms with Crippen molar-refractivity contribution < 1.29 is 14.6 Å². The molecular formula is C17H16N4O3. The molecule has 7 nitrogen and oxygen atoms in total. The van der Waals surface area contributed by atoms with Gasteiger partial charge in [-0.1, -0.05) is 0 Å². The predicted molar refractivity (Wildman–Crippen MR) is 84.1 cm³/mol. The molecule has 0 aliphatic carbocycles. The standard InChI is InChI=1S/C17H16N4O3/c1-17(2)15(22)14(21-16(23)12-9-19-5-6-20-12)11-7-10(8-18)3-4-13(11)24-17/h3-7,9,14-15,22H,1-2H3,(H,21,23)/t14-,15+/m1/s1. The van der Waals surface area contributed by atoms with Gasteiger partial charge in [0.15, 0.2) is 0 Å². The predicted octanol–water partition coefficient (Wildman–Crippen LogP) is 1.35. The van der Waals surface area contributed by atoms with E-state index in [0.717, 1.165) is 0 Å². The maximum absolute atomic E-state index is 12.4. The van der Waals surface area contributed by atoms with E-state index in [4.69, 9.17) is 10.00 Å². The maximum Gasteiger partial charge on any atom is 0.272 e. The van der Waals surface area contributed by atoms with E-state index in [9.17, 15) is 9.90 Å². The van der Waals surface area contributed by atoms with E-state index in [1.54, 1.807) is 32.0 Å². The topological polar surface area (TPSA) is 108 Å². The molecule has 0 saturated heterocycles. The van der Waals surface area contributed by atoms with Gasteiger partial charge in [-0.3, -0.25) is 9.78 Å². The summed E-state index contributed by atoms with van der Waals surface area (Å²) in [6.45, 7) is 3.47. The lowest BCUT2D eigenvalue weighted by Crippen LogP contribution is -2.53. The first-order chi connectivity index (χ1) is 11.4. The first kappa shape index (κ1) is 15.9. The molecule has 0 radical (unpaired) electrons. The lowest BCUT2D eigenvalue weighted by Gasteiger charge is -2.42. The monoisotopic (exact) mass is 324 g/mol. The molecule has 2 aromatic rings. The van der Waals surface area contributed by atoms with Crippen LogP contribution in [-0.2, 0) is 0 Å². The van der Waals surface area contributed by atoms with Crippen LogP contribution in [0.15, 0.2) is 36.8 Å². The Morgan fingerprint density at radius 2 is 2.21 bits per heavy atom. The highest BCUT2D eigenvalue weighted by Gasteiger charge is 2.43. The Balaban J connectivity index is 1.99. The minimum atomic E-state index is -1.00. The van der Waals surface area contributed by atoms with E-state index in [0.29, 0.717) is 16.9 Å². The number of aliphatic hydroxyl groups is 1. The Morgan fingerprint density at radius 1 is 1.42 bits per heavy atom. The molecule has 1 amide bonds. The van der Waals surface area contributed by atoms with Crippen molar-refractivity contribution in [3.63, 3.8) is 0 Å². The summed E-state index contributed by atoms with van der Waals surface area (Å²) in [6.07, 6.45) is 3.23. The number of amides is 1. The van der Waals surface area contributed by atoms with E-state index in [-0.39, 0.29) is 5.69 Å². The van der Waals surface area contributed by atoms with Gasteiger partial charge in [0.1, 0.15) is 23.1 Å². The van der Waals surface area contributed by atoms with Gasteiger partial charge in [-0.25, -0.2) is 4.98 Å². The minimum absolute atomic E-state index is 0.145. The first-order valence-corrected chi connectivity index (χ1v) is 7.40. The van der Waals surface area contributed by atoms with Gasteiger partial charge < -0.3 is 15.2 Å². The van der Waals surface area contributed by atoms with Crippen LogP contribution < -0.4 is 10.1 Å². The van der Waals surface area contributed by atoms with Crippen molar-refractivity contribution in [3.8, 4) is 11.8 Å². The van der Waals surface area contributed by atoms with Crippen LogP contribution >= 0.6 is 0 Å². The molecule has 122 valence electrons. The fourth-order valence-electron chi connectivity index (χ4n) is 2.66. The number of nitrogens with zero attached hydrogens (tertiary/aromatic N) is 3. The van der Waals surface area contributed by atoms with Gasteiger partial charge in [-0.2, -0.15) is 5.26 Å². The molecule has 2 N–H and O–H groups in total. The quantitative estimate of drug-likeness (QED) is 0.863. The highest BCUT2D eigenvalue weighted by atomic mass is 16.5. The molecule has 24 heavy (non-hydrogen) atoms. The lowest BCUT2D eigenvalue weighted by molar-refractivity contribution is -0.0628. The molecule has 1 aromatic carbocycles. The van der Waals surface area contributed by atoms with E-state index in [2.05, 4.69) is 15.3 Å². The molecule has 0 unspecified atom stereocenters. The fraction of sp³-hybridized carbons (Fsp3) is 0.294. The van der Waals surface area contributed by atoms with E-state index >= 15 is 0 Å². The lowest BCUT2D eigenvalue weighted by atomic mass is 9.86. The maximum atomic E-state index is 12.4. The minimum Gasteiger partial charge on any atom is -0.485 e. The van der Waals surface area contributed by atoms with Gasteiger partial charge in [0.25, 0.3) is 5.91 Å². The summed E-state index contributed by atoms with van der Waals surface area (Å²) >= 11 is 0. The smallest absolute Gasteiger partial charge is 0.272 e. The van der Waals surface area contributed by atoms with Crippen LogP contribution in [-0.4, -0.2) is 32.7 Å². The number of benzene rings is 1. The fourth-order valence-corrected chi connectivity index (χ4v) is 2.66. The van der Waals surface area contributed by atoms with Crippen LogP contribution in [0.2, 0.25) is 0 Å². The summed E-state index contributed by atoms with van der Waals surface area (Å²) in [5.74, 6) is 0.0620. The van der Waals surface area contributed by atoms with Crippen LogP contribution in [0.5, 0.6) is 5.75 Å². The van der Waals surface area contributed by atoms with Crippen molar-refractivity contribution in [1.29, 1.82) is 5.26 Å².